The molecule has 32 heavy (non-hydrogen) atoms. The van der Waals surface area contributed by atoms with Gasteiger partial charge in [0.25, 0.3) is 5.91 Å². The number of fused-ring (bicyclic) bond motifs is 2. The lowest BCUT2D eigenvalue weighted by molar-refractivity contribution is 0.0966. The molecular weight excluding hydrogens is 465 g/mol. The van der Waals surface area contributed by atoms with Crippen LogP contribution < -0.4 is 10.6 Å². The molecule has 0 fully saturated rings. The average molecular weight is 482 g/mol. The van der Waals surface area contributed by atoms with Crippen molar-refractivity contribution in [3.8, 4) is 0 Å². The van der Waals surface area contributed by atoms with Gasteiger partial charge in [-0.1, -0.05) is 29.3 Å². The topological polar surface area (TPSA) is 63.1 Å². The third-order valence-corrected chi connectivity index (χ3v) is 6.92. The third kappa shape index (κ3) is 3.81. The zero-order valence-corrected chi connectivity index (χ0v) is 19.0. The first-order valence-electron chi connectivity index (χ1n) is 9.89. The Morgan fingerprint density at radius 1 is 1.00 bits per heavy atom. The number of hydrogen-bond acceptors (Lipinski definition) is 4. The number of rotatable bonds is 4. The van der Waals surface area contributed by atoms with Gasteiger partial charge in [0.05, 0.1) is 27.2 Å². The molecule has 0 spiro atoms. The van der Waals surface area contributed by atoms with Crippen LogP contribution in [-0.2, 0) is 6.54 Å². The van der Waals surface area contributed by atoms with Crippen molar-refractivity contribution in [2.45, 2.75) is 12.6 Å². The van der Waals surface area contributed by atoms with Crippen molar-refractivity contribution < 1.29 is 9.59 Å². The highest BCUT2D eigenvalue weighted by Crippen LogP contribution is 2.34. The molecule has 2 N–H and O–H groups in total. The van der Waals surface area contributed by atoms with E-state index in [1.165, 1.54) is 5.56 Å². The first-order valence-corrected chi connectivity index (χ1v) is 11.5. The van der Waals surface area contributed by atoms with E-state index in [2.05, 4.69) is 21.3 Å². The molecule has 1 atom stereocenters. The molecule has 160 valence electrons. The maximum Gasteiger partial charge on any atom is 0.258 e. The Bertz CT molecular complexity index is 1310. The number of aromatic nitrogens is 1. The molecule has 5 rings (SSSR count). The molecule has 1 aliphatic heterocycles. The summed E-state index contributed by atoms with van der Waals surface area (Å²) in [6, 6.07) is 17.2. The normalized spacial score (nSPS) is 14.6. The molecule has 1 aliphatic rings. The molecule has 2 aromatic carbocycles. The lowest BCUT2D eigenvalue weighted by Crippen LogP contribution is -2.22. The van der Waals surface area contributed by atoms with E-state index in [-0.39, 0.29) is 21.4 Å². The van der Waals surface area contributed by atoms with E-state index in [1.807, 2.05) is 23.7 Å². The molecular formula is C24H17Cl2N3O2S. The van der Waals surface area contributed by atoms with Gasteiger partial charge in [-0.05, 0) is 60.0 Å². The van der Waals surface area contributed by atoms with Crippen molar-refractivity contribution in [1.82, 2.24) is 4.57 Å². The summed E-state index contributed by atoms with van der Waals surface area (Å²) < 4.78 is 2.09. The predicted molar refractivity (Wildman–Crippen MR) is 129 cm³/mol. The zero-order chi connectivity index (χ0) is 22.2. The van der Waals surface area contributed by atoms with Crippen LogP contribution in [0.15, 0.2) is 72.2 Å². The fourth-order valence-corrected chi connectivity index (χ4v) is 5.21. The number of nitrogens with zero attached hydrogens (tertiary/aromatic N) is 1. The summed E-state index contributed by atoms with van der Waals surface area (Å²) in [5, 5.41) is 9.77. The number of halogens is 2. The van der Waals surface area contributed by atoms with Crippen molar-refractivity contribution >= 4 is 56.9 Å². The largest absolute Gasteiger partial charge is 0.362 e. The summed E-state index contributed by atoms with van der Waals surface area (Å²) >= 11 is 13.8. The van der Waals surface area contributed by atoms with Gasteiger partial charge in [-0.3, -0.25) is 9.59 Å². The molecule has 1 amide bonds. The molecule has 0 aliphatic carbocycles. The van der Waals surface area contributed by atoms with Gasteiger partial charge in [-0.2, -0.15) is 0 Å². The Hall–Kier alpha value is -3.06. The van der Waals surface area contributed by atoms with Crippen LogP contribution in [0.1, 0.15) is 38.0 Å². The summed E-state index contributed by atoms with van der Waals surface area (Å²) in [4.78, 5) is 26.0. The standard InChI is InChI=1S/C24H17Cl2N3O2S/c25-17-3-1-4-18(26)20(17)23(31)27-16-8-6-14(7-9-16)22(30)21-19-5-2-11-29(19)13-15-10-12-32-24(15)28-21/h1-12,21,28H,13H2,(H,27,31). The fourth-order valence-electron chi connectivity index (χ4n) is 3.80. The van der Waals surface area contributed by atoms with Crippen LogP contribution in [0.2, 0.25) is 10.0 Å². The molecule has 2 aromatic heterocycles. The quantitative estimate of drug-likeness (QED) is 0.326. The van der Waals surface area contributed by atoms with Crippen molar-refractivity contribution in [2.24, 2.45) is 0 Å². The van der Waals surface area contributed by atoms with Gasteiger partial charge in [0.2, 0.25) is 0 Å². The monoisotopic (exact) mass is 481 g/mol. The van der Waals surface area contributed by atoms with Gasteiger partial charge in [-0.25, -0.2) is 0 Å². The summed E-state index contributed by atoms with van der Waals surface area (Å²) in [5.74, 6) is -0.452. The summed E-state index contributed by atoms with van der Waals surface area (Å²) in [6.45, 7) is 0.730. The highest BCUT2D eigenvalue weighted by atomic mass is 35.5. The molecule has 5 nitrogen and oxygen atoms in total. The number of ketones is 1. The second-order valence-electron chi connectivity index (χ2n) is 7.41. The SMILES string of the molecule is O=C(Nc1ccc(C(=O)C2Nc3sccc3Cn3cccc32)cc1)c1c(Cl)cccc1Cl. The number of hydrogen-bond donors (Lipinski definition) is 2. The first-order chi connectivity index (χ1) is 15.5. The number of benzene rings is 2. The molecule has 1 unspecified atom stereocenters. The smallest absolute Gasteiger partial charge is 0.258 e. The van der Waals surface area contributed by atoms with E-state index < -0.39 is 11.9 Å². The number of anilines is 2. The van der Waals surface area contributed by atoms with E-state index >= 15 is 0 Å². The number of Topliss-reactive ketones (excluding diaryl/α,β-unsaturated/α-hetero) is 1. The Labute approximate surface area is 198 Å². The van der Waals surface area contributed by atoms with Gasteiger partial charge in [0.15, 0.2) is 5.78 Å². The van der Waals surface area contributed by atoms with Crippen LogP contribution in [0.5, 0.6) is 0 Å². The average Bonchev–Trinajstić information content (AvgIpc) is 3.39. The third-order valence-electron chi connectivity index (χ3n) is 5.40. The van der Waals surface area contributed by atoms with E-state index in [4.69, 9.17) is 23.2 Å². The fraction of sp³-hybridized carbons (Fsp3) is 0.0833. The van der Waals surface area contributed by atoms with Crippen LogP contribution >= 0.6 is 34.5 Å². The molecule has 0 saturated heterocycles. The van der Waals surface area contributed by atoms with E-state index in [0.717, 1.165) is 17.2 Å². The highest BCUT2D eigenvalue weighted by molar-refractivity contribution is 7.14. The Morgan fingerprint density at radius 2 is 1.75 bits per heavy atom. The summed E-state index contributed by atoms with van der Waals surface area (Å²) in [6.07, 6.45) is 1.99. The second-order valence-corrected chi connectivity index (χ2v) is 9.14. The minimum absolute atomic E-state index is 0.0433. The molecule has 0 bridgehead atoms. The molecule has 0 radical (unpaired) electrons. The number of nitrogens with one attached hydrogen (secondary N) is 2. The van der Waals surface area contributed by atoms with E-state index in [1.54, 1.807) is 53.8 Å². The number of thiophene rings is 1. The molecule has 3 heterocycles. The highest BCUT2D eigenvalue weighted by Gasteiger charge is 2.28. The van der Waals surface area contributed by atoms with Crippen molar-refractivity contribution in [3.63, 3.8) is 0 Å². The number of amides is 1. The molecule has 0 saturated carbocycles. The van der Waals surface area contributed by atoms with Gasteiger partial charge in [-0.15, -0.1) is 11.3 Å². The maximum absolute atomic E-state index is 13.4. The Balaban J connectivity index is 1.38. The predicted octanol–water partition coefficient (Wildman–Crippen LogP) is 6.51. The van der Waals surface area contributed by atoms with Crippen molar-refractivity contribution in [3.05, 3.63) is 105 Å². The first kappa shape index (κ1) is 20.8. The number of carbonyl (C=O) groups is 2. The molecule has 8 heteroatoms. The second kappa shape index (κ2) is 8.47. The van der Waals surface area contributed by atoms with E-state index in [9.17, 15) is 9.59 Å². The Morgan fingerprint density at radius 3 is 2.50 bits per heavy atom. The van der Waals surface area contributed by atoms with Crippen LogP contribution in [-0.4, -0.2) is 16.3 Å². The minimum atomic E-state index is -0.493. The zero-order valence-electron chi connectivity index (χ0n) is 16.6. The lowest BCUT2D eigenvalue weighted by atomic mass is 10.0. The summed E-state index contributed by atoms with van der Waals surface area (Å²) in [5.41, 5.74) is 3.39. The maximum atomic E-state index is 13.4. The Kier molecular flexibility index (Phi) is 5.51. The van der Waals surface area contributed by atoms with Gasteiger partial charge in [0, 0.05) is 28.7 Å². The summed E-state index contributed by atoms with van der Waals surface area (Å²) in [7, 11) is 0. The van der Waals surface area contributed by atoms with E-state index in [0.29, 0.717) is 11.3 Å². The van der Waals surface area contributed by atoms with Crippen molar-refractivity contribution in [1.29, 1.82) is 0 Å². The van der Waals surface area contributed by atoms with Gasteiger partial charge < -0.3 is 15.2 Å². The minimum Gasteiger partial charge on any atom is -0.362 e. The van der Waals surface area contributed by atoms with Gasteiger partial charge >= 0.3 is 0 Å². The van der Waals surface area contributed by atoms with Gasteiger partial charge in [0.1, 0.15) is 6.04 Å². The van der Waals surface area contributed by atoms with Crippen LogP contribution in [0, 0.1) is 0 Å². The van der Waals surface area contributed by atoms with Crippen LogP contribution in [0.3, 0.4) is 0 Å². The number of carbonyl (C=O) groups excluding carboxylic acids is 2. The van der Waals surface area contributed by atoms with Crippen molar-refractivity contribution in [2.75, 3.05) is 10.6 Å². The molecule has 4 aromatic rings. The lowest BCUT2D eigenvalue weighted by Gasteiger charge is -2.17. The van der Waals surface area contributed by atoms with Crippen LogP contribution in [0.25, 0.3) is 0 Å². The van der Waals surface area contributed by atoms with Crippen LogP contribution in [0.4, 0.5) is 10.7 Å².